The average molecular weight is 370 g/mol. The minimum Gasteiger partial charge on any atom is -0.419 e. The molecular formula is C18H18N4O3S. The SMILES string of the molecule is O=S(=O)(Cc1ccccc1)N1CCCC1c1nnc(-c2ccncc2)o1. The molecule has 0 amide bonds. The molecule has 0 aliphatic carbocycles. The molecule has 0 spiro atoms. The zero-order chi connectivity index (χ0) is 18.0. The summed E-state index contributed by atoms with van der Waals surface area (Å²) in [4.78, 5) is 3.96. The molecule has 26 heavy (non-hydrogen) atoms. The van der Waals surface area contributed by atoms with E-state index >= 15 is 0 Å². The molecule has 3 heterocycles. The molecule has 0 bridgehead atoms. The van der Waals surface area contributed by atoms with Crippen molar-refractivity contribution in [3.63, 3.8) is 0 Å². The van der Waals surface area contributed by atoms with Gasteiger partial charge in [-0.05, 0) is 30.5 Å². The summed E-state index contributed by atoms with van der Waals surface area (Å²) < 4.78 is 33.0. The van der Waals surface area contributed by atoms with E-state index in [1.807, 2.05) is 30.3 Å². The first-order valence-corrected chi connectivity index (χ1v) is 10.0. The zero-order valence-electron chi connectivity index (χ0n) is 14.0. The maximum atomic E-state index is 12.9. The second kappa shape index (κ2) is 6.97. The first kappa shape index (κ1) is 16.9. The van der Waals surface area contributed by atoms with Crippen LogP contribution in [0, 0.1) is 0 Å². The average Bonchev–Trinajstić information content (AvgIpc) is 3.32. The molecule has 1 aliphatic heterocycles. The van der Waals surface area contributed by atoms with Crippen LogP contribution in [0.1, 0.15) is 30.3 Å². The number of pyridine rings is 1. The van der Waals surface area contributed by atoms with E-state index in [2.05, 4.69) is 15.2 Å². The van der Waals surface area contributed by atoms with E-state index in [1.54, 1.807) is 24.5 Å². The topological polar surface area (TPSA) is 89.2 Å². The Morgan fingerprint density at radius 3 is 2.62 bits per heavy atom. The van der Waals surface area contributed by atoms with Crippen LogP contribution in [-0.4, -0.2) is 34.4 Å². The summed E-state index contributed by atoms with van der Waals surface area (Å²) in [5, 5.41) is 8.17. The molecule has 0 saturated carbocycles. The Hall–Kier alpha value is -2.58. The van der Waals surface area contributed by atoms with Crippen molar-refractivity contribution in [2.45, 2.75) is 24.6 Å². The standard InChI is InChI=1S/C18H18N4O3S/c23-26(24,13-14-5-2-1-3-6-14)22-12-4-7-16(22)18-21-20-17(25-18)15-8-10-19-11-9-15/h1-3,5-6,8-11,16H,4,7,12-13H2. The van der Waals surface area contributed by atoms with Gasteiger partial charge in [0, 0.05) is 24.5 Å². The molecule has 0 N–H and O–H groups in total. The number of benzene rings is 1. The van der Waals surface area contributed by atoms with Crippen molar-refractivity contribution in [3.8, 4) is 11.5 Å². The Bertz CT molecular complexity index is 974. The van der Waals surface area contributed by atoms with Crippen molar-refractivity contribution in [1.82, 2.24) is 19.5 Å². The number of hydrogen-bond donors (Lipinski definition) is 0. The fourth-order valence-electron chi connectivity index (χ4n) is 3.17. The van der Waals surface area contributed by atoms with Gasteiger partial charge in [-0.3, -0.25) is 4.98 Å². The summed E-state index contributed by atoms with van der Waals surface area (Å²) in [6.45, 7) is 0.465. The van der Waals surface area contributed by atoms with Crippen molar-refractivity contribution in [3.05, 3.63) is 66.3 Å². The molecule has 1 aromatic carbocycles. The van der Waals surface area contributed by atoms with E-state index in [0.717, 1.165) is 17.5 Å². The molecule has 3 aromatic rings. The van der Waals surface area contributed by atoms with Gasteiger partial charge in [0.05, 0.1) is 5.75 Å². The Balaban J connectivity index is 1.58. The number of rotatable bonds is 5. The van der Waals surface area contributed by atoms with E-state index in [-0.39, 0.29) is 5.75 Å². The first-order valence-electron chi connectivity index (χ1n) is 8.41. The van der Waals surface area contributed by atoms with Gasteiger partial charge in [-0.1, -0.05) is 30.3 Å². The fourth-order valence-corrected chi connectivity index (χ4v) is 4.94. The maximum Gasteiger partial charge on any atom is 0.247 e. The number of sulfonamides is 1. The predicted molar refractivity (Wildman–Crippen MR) is 95.3 cm³/mol. The van der Waals surface area contributed by atoms with Crippen molar-refractivity contribution in [2.24, 2.45) is 0 Å². The van der Waals surface area contributed by atoms with Gasteiger partial charge in [0.25, 0.3) is 0 Å². The van der Waals surface area contributed by atoms with Gasteiger partial charge < -0.3 is 4.42 Å². The Morgan fingerprint density at radius 1 is 1.08 bits per heavy atom. The molecule has 1 fully saturated rings. The lowest BCUT2D eigenvalue weighted by atomic mass is 10.2. The monoisotopic (exact) mass is 370 g/mol. The van der Waals surface area contributed by atoms with E-state index in [1.165, 1.54) is 4.31 Å². The molecule has 7 nitrogen and oxygen atoms in total. The van der Waals surface area contributed by atoms with Crippen molar-refractivity contribution < 1.29 is 12.8 Å². The van der Waals surface area contributed by atoms with Crippen LogP contribution in [0.5, 0.6) is 0 Å². The minimum absolute atomic E-state index is 0.0321. The smallest absolute Gasteiger partial charge is 0.247 e. The van der Waals surface area contributed by atoms with Gasteiger partial charge >= 0.3 is 0 Å². The summed E-state index contributed by atoms with van der Waals surface area (Å²) in [6.07, 6.45) is 4.73. The van der Waals surface area contributed by atoms with Gasteiger partial charge in [-0.2, -0.15) is 4.31 Å². The molecule has 4 rings (SSSR count). The van der Waals surface area contributed by atoms with Gasteiger partial charge in [0.15, 0.2) is 0 Å². The molecule has 1 saturated heterocycles. The highest BCUT2D eigenvalue weighted by Gasteiger charge is 2.38. The molecular weight excluding hydrogens is 352 g/mol. The highest BCUT2D eigenvalue weighted by atomic mass is 32.2. The minimum atomic E-state index is -3.47. The van der Waals surface area contributed by atoms with Crippen LogP contribution in [0.3, 0.4) is 0 Å². The number of aromatic nitrogens is 3. The van der Waals surface area contributed by atoms with E-state index in [4.69, 9.17) is 4.42 Å². The summed E-state index contributed by atoms with van der Waals surface area (Å²) >= 11 is 0. The van der Waals surface area contributed by atoms with Gasteiger partial charge in [-0.25, -0.2) is 8.42 Å². The van der Waals surface area contributed by atoms with Crippen LogP contribution in [0.2, 0.25) is 0 Å². The molecule has 8 heteroatoms. The number of hydrogen-bond acceptors (Lipinski definition) is 6. The molecule has 1 atom stereocenters. The second-order valence-electron chi connectivity index (χ2n) is 6.19. The lowest BCUT2D eigenvalue weighted by molar-refractivity contribution is 0.332. The van der Waals surface area contributed by atoms with Crippen LogP contribution in [-0.2, 0) is 15.8 Å². The van der Waals surface area contributed by atoms with Crippen LogP contribution in [0.15, 0.2) is 59.3 Å². The van der Waals surface area contributed by atoms with Gasteiger partial charge in [0.2, 0.25) is 21.8 Å². The molecule has 1 aliphatic rings. The van der Waals surface area contributed by atoms with Gasteiger partial charge in [0.1, 0.15) is 6.04 Å². The Morgan fingerprint density at radius 2 is 1.85 bits per heavy atom. The summed E-state index contributed by atoms with van der Waals surface area (Å²) in [5.41, 5.74) is 1.52. The molecule has 134 valence electrons. The van der Waals surface area contributed by atoms with E-state index in [9.17, 15) is 8.42 Å². The normalized spacial score (nSPS) is 18.2. The fraction of sp³-hybridized carbons (Fsp3) is 0.278. The Kier molecular flexibility index (Phi) is 4.52. The van der Waals surface area contributed by atoms with Crippen LogP contribution in [0.4, 0.5) is 0 Å². The van der Waals surface area contributed by atoms with Gasteiger partial charge in [-0.15, -0.1) is 10.2 Å². The highest BCUT2D eigenvalue weighted by molar-refractivity contribution is 7.88. The van der Waals surface area contributed by atoms with Crippen molar-refractivity contribution in [1.29, 1.82) is 0 Å². The summed E-state index contributed by atoms with van der Waals surface area (Å²) in [6, 6.07) is 12.3. The summed E-state index contributed by atoms with van der Waals surface area (Å²) in [5.74, 6) is 0.677. The third-order valence-electron chi connectivity index (χ3n) is 4.41. The quantitative estimate of drug-likeness (QED) is 0.686. The van der Waals surface area contributed by atoms with Crippen LogP contribution in [0.25, 0.3) is 11.5 Å². The van der Waals surface area contributed by atoms with Crippen molar-refractivity contribution >= 4 is 10.0 Å². The molecule has 1 unspecified atom stereocenters. The molecule has 2 aromatic heterocycles. The lowest BCUT2D eigenvalue weighted by Crippen LogP contribution is -2.31. The first-order chi connectivity index (χ1) is 12.6. The predicted octanol–water partition coefficient (Wildman–Crippen LogP) is 2.80. The largest absolute Gasteiger partial charge is 0.419 e. The maximum absolute atomic E-state index is 12.9. The van der Waals surface area contributed by atoms with E-state index < -0.39 is 16.1 Å². The second-order valence-corrected chi connectivity index (χ2v) is 8.11. The zero-order valence-corrected chi connectivity index (χ0v) is 14.8. The summed E-state index contributed by atoms with van der Waals surface area (Å²) in [7, 11) is -3.47. The highest BCUT2D eigenvalue weighted by Crippen LogP contribution is 2.35. The van der Waals surface area contributed by atoms with E-state index in [0.29, 0.717) is 24.7 Å². The van der Waals surface area contributed by atoms with Crippen LogP contribution >= 0.6 is 0 Å². The van der Waals surface area contributed by atoms with Crippen molar-refractivity contribution in [2.75, 3.05) is 6.54 Å². The Labute approximate surface area is 151 Å². The lowest BCUT2D eigenvalue weighted by Gasteiger charge is -2.21. The third-order valence-corrected chi connectivity index (χ3v) is 6.26. The van der Waals surface area contributed by atoms with Crippen LogP contribution < -0.4 is 0 Å². The number of nitrogens with zero attached hydrogens (tertiary/aromatic N) is 4. The molecule has 0 radical (unpaired) electrons. The third kappa shape index (κ3) is 3.38.